The van der Waals surface area contributed by atoms with Crippen molar-refractivity contribution in [2.24, 2.45) is 5.92 Å². The summed E-state index contributed by atoms with van der Waals surface area (Å²) < 4.78 is 1.07. The lowest BCUT2D eigenvalue weighted by Gasteiger charge is -2.07. The van der Waals surface area contributed by atoms with E-state index < -0.39 is 0 Å². The first-order valence-corrected chi connectivity index (χ1v) is 5.22. The minimum atomic E-state index is 0.484. The Balaban J connectivity index is 2.69. The van der Waals surface area contributed by atoms with Crippen molar-refractivity contribution in [3.05, 3.63) is 28.5 Å². The van der Waals surface area contributed by atoms with Crippen molar-refractivity contribution in [3.8, 4) is 0 Å². The summed E-state index contributed by atoms with van der Waals surface area (Å²) in [6, 6.07) is 3.92. The molecular formula is C9H11BrClN. The van der Waals surface area contributed by atoms with Crippen LogP contribution in [0.4, 0.5) is 0 Å². The summed E-state index contributed by atoms with van der Waals surface area (Å²) in [5.41, 5.74) is 1.09. The first-order chi connectivity index (χ1) is 5.74. The molecule has 0 amide bonds. The Kier molecular flexibility index (Phi) is 4.02. The maximum atomic E-state index is 5.71. The molecule has 0 saturated carbocycles. The van der Waals surface area contributed by atoms with Crippen molar-refractivity contribution in [1.82, 2.24) is 4.98 Å². The van der Waals surface area contributed by atoms with Gasteiger partial charge in [0.05, 0.1) is 5.69 Å². The van der Waals surface area contributed by atoms with Gasteiger partial charge < -0.3 is 0 Å². The van der Waals surface area contributed by atoms with E-state index in [2.05, 4.69) is 27.8 Å². The molecule has 0 aliphatic rings. The maximum Gasteiger partial charge on any atom is 0.0548 e. The maximum absolute atomic E-state index is 5.71. The Bertz CT molecular complexity index is 252. The van der Waals surface area contributed by atoms with Crippen molar-refractivity contribution in [2.75, 3.05) is 5.88 Å². The van der Waals surface area contributed by atoms with Gasteiger partial charge in [0.25, 0.3) is 0 Å². The molecule has 1 unspecified atom stereocenters. The second-order valence-corrected chi connectivity index (χ2v) is 4.06. The number of nitrogens with zero attached hydrogens (tertiary/aromatic N) is 1. The van der Waals surface area contributed by atoms with Crippen molar-refractivity contribution >= 4 is 27.5 Å². The van der Waals surface area contributed by atoms with Crippen LogP contribution in [0, 0.1) is 5.92 Å². The van der Waals surface area contributed by atoms with Crippen LogP contribution in [-0.4, -0.2) is 10.9 Å². The van der Waals surface area contributed by atoms with Gasteiger partial charge in [-0.3, -0.25) is 4.98 Å². The van der Waals surface area contributed by atoms with Gasteiger partial charge in [-0.2, -0.15) is 0 Å². The lowest BCUT2D eigenvalue weighted by Crippen LogP contribution is -2.03. The molecule has 0 spiro atoms. The molecule has 12 heavy (non-hydrogen) atoms. The molecule has 1 aromatic heterocycles. The SMILES string of the molecule is CC(CCl)Cc1ncccc1Br. The van der Waals surface area contributed by atoms with Crippen molar-refractivity contribution in [2.45, 2.75) is 13.3 Å². The molecule has 0 aromatic carbocycles. The van der Waals surface area contributed by atoms with E-state index in [9.17, 15) is 0 Å². The molecule has 0 bridgehead atoms. The second kappa shape index (κ2) is 4.83. The van der Waals surface area contributed by atoms with E-state index in [-0.39, 0.29) is 0 Å². The van der Waals surface area contributed by atoms with Gasteiger partial charge in [-0.1, -0.05) is 6.92 Å². The summed E-state index contributed by atoms with van der Waals surface area (Å²) in [6.45, 7) is 2.12. The monoisotopic (exact) mass is 247 g/mol. The molecule has 0 saturated heterocycles. The second-order valence-electron chi connectivity index (χ2n) is 2.90. The van der Waals surface area contributed by atoms with Gasteiger partial charge in [0.2, 0.25) is 0 Å². The van der Waals surface area contributed by atoms with Gasteiger partial charge in [-0.25, -0.2) is 0 Å². The van der Waals surface area contributed by atoms with Crippen LogP contribution < -0.4 is 0 Å². The third-order valence-corrected chi connectivity index (χ3v) is 2.89. The highest BCUT2D eigenvalue weighted by Gasteiger charge is 2.05. The van der Waals surface area contributed by atoms with E-state index in [1.165, 1.54) is 0 Å². The third kappa shape index (κ3) is 2.76. The van der Waals surface area contributed by atoms with E-state index in [4.69, 9.17) is 11.6 Å². The van der Waals surface area contributed by atoms with Crippen molar-refractivity contribution < 1.29 is 0 Å². The molecule has 1 rings (SSSR count). The normalized spacial score (nSPS) is 12.9. The molecule has 0 N–H and O–H groups in total. The third-order valence-electron chi connectivity index (χ3n) is 1.64. The lowest BCUT2D eigenvalue weighted by molar-refractivity contribution is 0.640. The average molecular weight is 249 g/mol. The van der Waals surface area contributed by atoms with E-state index in [0.717, 1.165) is 16.6 Å². The number of hydrogen-bond donors (Lipinski definition) is 0. The Hall–Kier alpha value is -0.0800. The van der Waals surface area contributed by atoms with Crippen LogP contribution in [0.1, 0.15) is 12.6 Å². The van der Waals surface area contributed by atoms with Gasteiger partial charge in [0.15, 0.2) is 0 Å². The molecule has 0 aliphatic carbocycles. The Labute approximate surface area is 86.3 Å². The van der Waals surface area contributed by atoms with Crippen LogP contribution >= 0.6 is 27.5 Å². The molecule has 1 atom stereocenters. The summed E-state index contributed by atoms with van der Waals surface area (Å²) in [4.78, 5) is 4.26. The number of hydrogen-bond acceptors (Lipinski definition) is 1. The number of pyridine rings is 1. The smallest absolute Gasteiger partial charge is 0.0548 e. The predicted octanol–water partition coefficient (Wildman–Crippen LogP) is 3.26. The first-order valence-electron chi connectivity index (χ1n) is 3.89. The summed E-state index contributed by atoms with van der Waals surface area (Å²) in [7, 11) is 0. The fraction of sp³-hybridized carbons (Fsp3) is 0.444. The molecule has 66 valence electrons. The fourth-order valence-corrected chi connectivity index (χ4v) is 1.48. The van der Waals surface area contributed by atoms with Crippen molar-refractivity contribution in [1.29, 1.82) is 0 Å². The minimum Gasteiger partial charge on any atom is -0.260 e. The zero-order valence-corrected chi connectivity index (χ0v) is 9.27. The Morgan fingerprint density at radius 1 is 1.67 bits per heavy atom. The highest BCUT2D eigenvalue weighted by Crippen LogP contribution is 2.17. The topological polar surface area (TPSA) is 12.9 Å². The van der Waals surface area contributed by atoms with E-state index in [1.807, 2.05) is 12.1 Å². The predicted molar refractivity (Wildman–Crippen MR) is 55.5 cm³/mol. The van der Waals surface area contributed by atoms with E-state index in [0.29, 0.717) is 11.8 Å². The number of halogens is 2. The Morgan fingerprint density at radius 3 is 3.00 bits per heavy atom. The Morgan fingerprint density at radius 2 is 2.42 bits per heavy atom. The zero-order chi connectivity index (χ0) is 8.97. The van der Waals surface area contributed by atoms with E-state index >= 15 is 0 Å². The summed E-state index contributed by atoms with van der Waals surface area (Å²) in [5.74, 6) is 1.17. The molecule has 0 radical (unpaired) electrons. The van der Waals surface area contributed by atoms with E-state index in [1.54, 1.807) is 6.20 Å². The standard InChI is InChI=1S/C9H11BrClN/c1-7(6-11)5-9-8(10)3-2-4-12-9/h2-4,7H,5-6H2,1H3. The van der Waals surface area contributed by atoms with Crippen LogP contribution in [0.25, 0.3) is 0 Å². The highest BCUT2D eigenvalue weighted by molar-refractivity contribution is 9.10. The largest absolute Gasteiger partial charge is 0.260 e. The van der Waals surface area contributed by atoms with Crippen LogP contribution in [-0.2, 0) is 6.42 Å². The summed E-state index contributed by atoms with van der Waals surface area (Å²) >= 11 is 9.16. The molecule has 1 heterocycles. The molecule has 1 nitrogen and oxygen atoms in total. The minimum absolute atomic E-state index is 0.484. The molecule has 1 aromatic rings. The van der Waals surface area contributed by atoms with Gasteiger partial charge in [-0.15, -0.1) is 11.6 Å². The lowest BCUT2D eigenvalue weighted by atomic mass is 10.1. The van der Waals surface area contributed by atoms with Crippen LogP contribution in [0.5, 0.6) is 0 Å². The quantitative estimate of drug-likeness (QED) is 0.748. The summed E-state index contributed by atoms with van der Waals surface area (Å²) in [6.07, 6.45) is 2.74. The fourth-order valence-electron chi connectivity index (χ4n) is 0.953. The zero-order valence-electron chi connectivity index (χ0n) is 6.93. The van der Waals surface area contributed by atoms with Crippen molar-refractivity contribution in [3.63, 3.8) is 0 Å². The van der Waals surface area contributed by atoms with Gasteiger partial charge in [-0.05, 0) is 40.4 Å². The number of aromatic nitrogens is 1. The van der Waals surface area contributed by atoms with Crippen LogP contribution in [0.15, 0.2) is 22.8 Å². The molecule has 3 heteroatoms. The van der Waals surface area contributed by atoms with Gasteiger partial charge in [0, 0.05) is 16.5 Å². The summed E-state index contributed by atoms with van der Waals surface area (Å²) in [5, 5.41) is 0. The van der Waals surface area contributed by atoms with Gasteiger partial charge in [0.1, 0.15) is 0 Å². The first kappa shape index (κ1) is 10.0. The van der Waals surface area contributed by atoms with Crippen LogP contribution in [0.2, 0.25) is 0 Å². The molecule has 0 aliphatic heterocycles. The molecular weight excluding hydrogens is 237 g/mol. The van der Waals surface area contributed by atoms with Crippen LogP contribution in [0.3, 0.4) is 0 Å². The number of alkyl halides is 1. The number of rotatable bonds is 3. The molecule has 0 fully saturated rings. The highest BCUT2D eigenvalue weighted by atomic mass is 79.9. The average Bonchev–Trinajstić information content (AvgIpc) is 2.09. The van der Waals surface area contributed by atoms with Gasteiger partial charge >= 0.3 is 0 Å².